The summed E-state index contributed by atoms with van der Waals surface area (Å²) in [6.45, 7) is 0. The Morgan fingerprint density at radius 2 is 1.83 bits per heavy atom. The second-order valence-corrected chi connectivity index (χ2v) is 3.39. The number of hydrogen-bond donors (Lipinski definition) is 1. The maximum atomic E-state index is 8.56. The highest BCUT2D eigenvalue weighted by Crippen LogP contribution is 2.35. The lowest BCUT2D eigenvalue weighted by atomic mass is 10.3. The second-order valence-electron chi connectivity index (χ2n) is 2.98. The lowest BCUT2D eigenvalue weighted by molar-refractivity contribution is 0.405. The van der Waals surface area contributed by atoms with Crippen LogP contribution in [0.2, 0.25) is 5.02 Å². The van der Waals surface area contributed by atoms with E-state index in [-0.39, 0.29) is 5.71 Å². The van der Waals surface area contributed by atoms with Gasteiger partial charge in [0.1, 0.15) is 29.3 Å². The van der Waals surface area contributed by atoms with Gasteiger partial charge in [-0.1, -0.05) is 11.6 Å². The minimum absolute atomic E-state index is 0.300. The topological polar surface area (TPSA) is 90.4 Å². The second kappa shape index (κ2) is 6.33. The Labute approximate surface area is 109 Å². The van der Waals surface area contributed by atoms with E-state index in [2.05, 4.69) is 10.5 Å². The molecule has 0 saturated carbocycles. The molecule has 18 heavy (non-hydrogen) atoms. The number of nitriles is 2. The first-order valence-electron chi connectivity index (χ1n) is 4.71. The number of ether oxygens (including phenoxy) is 2. The Morgan fingerprint density at radius 1 is 1.22 bits per heavy atom. The van der Waals surface area contributed by atoms with Crippen molar-refractivity contribution in [2.24, 2.45) is 5.10 Å². The summed E-state index contributed by atoms with van der Waals surface area (Å²) in [5.41, 5.74) is 2.68. The summed E-state index contributed by atoms with van der Waals surface area (Å²) in [6.07, 6.45) is 0. The van der Waals surface area contributed by atoms with Gasteiger partial charge in [0, 0.05) is 12.1 Å². The molecule has 1 aromatic rings. The number of hydrogen-bond acceptors (Lipinski definition) is 6. The van der Waals surface area contributed by atoms with Crippen LogP contribution >= 0.6 is 11.6 Å². The summed E-state index contributed by atoms with van der Waals surface area (Å²) in [4.78, 5) is 0. The summed E-state index contributed by atoms with van der Waals surface area (Å²) >= 11 is 5.92. The quantitative estimate of drug-likeness (QED) is 0.665. The first-order chi connectivity index (χ1) is 8.65. The maximum Gasteiger partial charge on any atom is 0.237 e. The van der Waals surface area contributed by atoms with Crippen LogP contribution in [0.1, 0.15) is 0 Å². The third-order valence-electron chi connectivity index (χ3n) is 1.97. The van der Waals surface area contributed by atoms with Crippen molar-refractivity contribution in [3.8, 4) is 23.6 Å². The van der Waals surface area contributed by atoms with Crippen LogP contribution in [0.3, 0.4) is 0 Å². The smallest absolute Gasteiger partial charge is 0.237 e. The molecule has 0 spiro atoms. The molecule has 0 fully saturated rings. The van der Waals surface area contributed by atoms with Crippen LogP contribution in [0.25, 0.3) is 0 Å². The van der Waals surface area contributed by atoms with Crippen LogP contribution in [0.15, 0.2) is 17.2 Å². The highest BCUT2D eigenvalue weighted by atomic mass is 35.5. The molecule has 0 aliphatic rings. The van der Waals surface area contributed by atoms with E-state index < -0.39 is 0 Å². The van der Waals surface area contributed by atoms with Gasteiger partial charge in [-0.25, -0.2) is 0 Å². The predicted molar refractivity (Wildman–Crippen MR) is 66.8 cm³/mol. The Kier molecular flexibility index (Phi) is 4.79. The van der Waals surface area contributed by atoms with E-state index >= 15 is 0 Å². The van der Waals surface area contributed by atoms with E-state index in [0.29, 0.717) is 22.2 Å². The standard InChI is InChI=1S/C11H9ClN4O2/c1-17-10-4-9(11(18-2)3-8(10)12)16-15-7(5-13)6-14/h3-4,16H,1-2H3. The molecular weight excluding hydrogens is 256 g/mol. The summed E-state index contributed by atoms with van der Waals surface area (Å²) in [5, 5.41) is 21.1. The van der Waals surface area contributed by atoms with Gasteiger partial charge in [0.15, 0.2) is 0 Å². The number of nitrogens with zero attached hydrogens (tertiary/aromatic N) is 3. The molecule has 6 nitrogen and oxygen atoms in total. The molecule has 0 unspecified atom stereocenters. The predicted octanol–water partition coefficient (Wildman–Crippen LogP) is 2.17. The van der Waals surface area contributed by atoms with Crippen LogP contribution < -0.4 is 14.9 Å². The summed E-state index contributed by atoms with van der Waals surface area (Å²) < 4.78 is 10.1. The van der Waals surface area contributed by atoms with E-state index in [1.54, 1.807) is 18.2 Å². The fourth-order valence-electron chi connectivity index (χ4n) is 1.14. The Hall–Kier alpha value is -2.44. The fourth-order valence-corrected chi connectivity index (χ4v) is 1.37. The summed E-state index contributed by atoms with van der Waals surface area (Å²) in [7, 11) is 2.93. The van der Waals surface area contributed by atoms with Gasteiger partial charge in [-0.2, -0.15) is 15.6 Å². The van der Waals surface area contributed by atoms with Crippen molar-refractivity contribution >= 4 is 23.0 Å². The number of anilines is 1. The van der Waals surface area contributed by atoms with Crippen LogP contribution in [-0.4, -0.2) is 19.9 Å². The minimum Gasteiger partial charge on any atom is -0.495 e. The van der Waals surface area contributed by atoms with E-state index in [0.717, 1.165) is 0 Å². The molecule has 7 heteroatoms. The average Bonchev–Trinajstić information content (AvgIpc) is 2.40. The van der Waals surface area contributed by atoms with Crippen LogP contribution in [0.4, 0.5) is 5.69 Å². The summed E-state index contributed by atoms with van der Waals surface area (Å²) in [6, 6.07) is 6.35. The van der Waals surface area contributed by atoms with Gasteiger partial charge in [-0.3, -0.25) is 5.43 Å². The van der Waals surface area contributed by atoms with Crippen molar-refractivity contribution in [2.75, 3.05) is 19.6 Å². The number of benzene rings is 1. The van der Waals surface area contributed by atoms with Crippen molar-refractivity contribution in [1.29, 1.82) is 10.5 Å². The lowest BCUT2D eigenvalue weighted by Crippen LogP contribution is -1.99. The highest BCUT2D eigenvalue weighted by Gasteiger charge is 2.09. The molecule has 0 aliphatic heterocycles. The van der Waals surface area contributed by atoms with E-state index in [1.165, 1.54) is 20.3 Å². The van der Waals surface area contributed by atoms with E-state index in [9.17, 15) is 0 Å². The van der Waals surface area contributed by atoms with Crippen LogP contribution in [-0.2, 0) is 0 Å². The molecule has 0 bridgehead atoms. The lowest BCUT2D eigenvalue weighted by Gasteiger charge is -2.11. The van der Waals surface area contributed by atoms with Crippen molar-refractivity contribution in [3.05, 3.63) is 17.2 Å². The average molecular weight is 265 g/mol. The zero-order valence-electron chi connectivity index (χ0n) is 9.69. The van der Waals surface area contributed by atoms with Gasteiger partial charge in [0.25, 0.3) is 0 Å². The van der Waals surface area contributed by atoms with E-state index in [1.807, 2.05) is 0 Å². The van der Waals surface area contributed by atoms with Gasteiger partial charge in [-0.15, -0.1) is 0 Å². The molecule has 1 rings (SSSR count). The maximum absolute atomic E-state index is 8.56. The van der Waals surface area contributed by atoms with Gasteiger partial charge in [0.05, 0.1) is 19.2 Å². The minimum atomic E-state index is -0.300. The monoisotopic (exact) mass is 264 g/mol. The third-order valence-corrected chi connectivity index (χ3v) is 2.27. The largest absolute Gasteiger partial charge is 0.495 e. The van der Waals surface area contributed by atoms with Crippen molar-refractivity contribution in [1.82, 2.24) is 0 Å². The summed E-state index contributed by atoms with van der Waals surface area (Å²) in [5.74, 6) is 0.838. The Bertz CT molecular complexity index is 541. The third kappa shape index (κ3) is 3.03. The Balaban J connectivity index is 3.12. The number of methoxy groups -OCH3 is 2. The molecule has 1 aromatic carbocycles. The fraction of sp³-hybridized carbons (Fsp3) is 0.182. The van der Waals surface area contributed by atoms with Gasteiger partial charge in [-0.05, 0) is 0 Å². The van der Waals surface area contributed by atoms with Crippen molar-refractivity contribution in [3.63, 3.8) is 0 Å². The van der Waals surface area contributed by atoms with Gasteiger partial charge >= 0.3 is 0 Å². The molecule has 0 saturated heterocycles. The molecule has 0 atom stereocenters. The van der Waals surface area contributed by atoms with Crippen molar-refractivity contribution in [2.45, 2.75) is 0 Å². The first-order valence-corrected chi connectivity index (χ1v) is 5.09. The Morgan fingerprint density at radius 3 is 2.33 bits per heavy atom. The van der Waals surface area contributed by atoms with Crippen molar-refractivity contribution < 1.29 is 9.47 Å². The van der Waals surface area contributed by atoms with Gasteiger partial charge in [0.2, 0.25) is 5.71 Å². The number of halogens is 1. The molecule has 0 aromatic heterocycles. The zero-order valence-corrected chi connectivity index (χ0v) is 10.4. The molecule has 1 N–H and O–H groups in total. The van der Waals surface area contributed by atoms with Crippen LogP contribution in [0.5, 0.6) is 11.5 Å². The normalized spacial score (nSPS) is 8.72. The highest BCUT2D eigenvalue weighted by molar-refractivity contribution is 6.32. The molecule has 0 radical (unpaired) electrons. The number of hydrazone groups is 1. The molecular formula is C11H9ClN4O2. The zero-order chi connectivity index (χ0) is 13.5. The molecule has 0 heterocycles. The number of rotatable bonds is 4. The van der Waals surface area contributed by atoms with Gasteiger partial charge < -0.3 is 9.47 Å². The number of nitrogens with one attached hydrogen (secondary N) is 1. The van der Waals surface area contributed by atoms with Crippen LogP contribution in [0, 0.1) is 22.7 Å². The molecule has 92 valence electrons. The molecule has 0 amide bonds. The SMILES string of the molecule is COc1cc(NN=C(C#N)C#N)c(OC)cc1Cl. The van der Waals surface area contributed by atoms with E-state index in [4.69, 9.17) is 31.6 Å². The molecule has 0 aliphatic carbocycles. The first kappa shape index (κ1) is 13.6.